The van der Waals surface area contributed by atoms with Gasteiger partial charge in [0.2, 0.25) is 0 Å². The normalized spacial score (nSPS) is 18.4. The molecule has 2 N–H and O–H groups in total. The zero-order chi connectivity index (χ0) is 14.2. The lowest BCUT2D eigenvalue weighted by molar-refractivity contribution is 0.0675. The standard InChI is InChI=1S/C14H20N2OS2/c1-9-8-11(19-10(9)2)12(17)16-6-4-14(3,5-7-16)13(15)18/h8H,4-7H2,1-3H3,(H2,15,18). The molecule has 1 aliphatic heterocycles. The molecule has 1 aliphatic rings. The molecule has 0 spiro atoms. The van der Waals surface area contributed by atoms with Gasteiger partial charge in [0.1, 0.15) is 0 Å². The highest BCUT2D eigenvalue weighted by Crippen LogP contribution is 2.32. The summed E-state index contributed by atoms with van der Waals surface area (Å²) >= 11 is 6.70. The number of aryl methyl sites for hydroxylation is 2. The van der Waals surface area contributed by atoms with Gasteiger partial charge in [-0.2, -0.15) is 0 Å². The fourth-order valence-corrected chi connectivity index (χ4v) is 3.49. The van der Waals surface area contributed by atoms with Crippen LogP contribution in [0.5, 0.6) is 0 Å². The van der Waals surface area contributed by atoms with E-state index in [0.29, 0.717) is 4.99 Å². The molecule has 2 rings (SSSR count). The van der Waals surface area contributed by atoms with Crippen LogP contribution in [0.25, 0.3) is 0 Å². The molecule has 2 heterocycles. The van der Waals surface area contributed by atoms with Gasteiger partial charge in [0, 0.05) is 23.4 Å². The Morgan fingerprint density at radius 1 is 1.42 bits per heavy atom. The topological polar surface area (TPSA) is 46.3 Å². The molecule has 1 fully saturated rings. The highest BCUT2D eigenvalue weighted by atomic mass is 32.1. The lowest BCUT2D eigenvalue weighted by Gasteiger charge is -2.38. The molecule has 0 unspecified atom stereocenters. The summed E-state index contributed by atoms with van der Waals surface area (Å²) < 4.78 is 0. The second kappa shape index (κ2) is 5.21. The van der Waals surface area contributed by atoms with Gasteiger partial charge in [-0.3, -0.25) is 4.79 Å². The summed E-state index contributed by atoms with van der Waals surface area (Å²) in [7, 11) is 0. The predicted octanol–water partition coefficient (Wildman–Crippen LogP) is 2.89. The van der Waals surface area contributed by atoms with Crippen LogP contribution in [0.1, 0.15) is 39.9 Å². The van der Waals surface area contributed by atoms with E-state index in [9.17, 15) is 4.79 Å². The van der Waals surface area contributed by atoms with Crippen molar-refractivity contribution in [2.45, 2.75) is 33.6 Å². The minimum atomic E-state index is -0.0899. The van der Waals surface area contributed by atoms with Crippen molar-refractivity contribution in [1.29, 1.82) is 0 Å². The van der Waals surface area contributed by atoms with Crippen molar-refractivity contribution in [2.24, 2.45) is 11.1 Å². The maximum Gasteiger partial charge on any atom is 0.263 e. The van der Waals surface area contributed by atoms with E-state index in [1.165, 1.54) is 10.4 Å². The molecule has 1 aromatic rings. The lowest BCUT2D eigenvalue weighted by Crippen LogP contribution is -2.46. The van der Waals surface area contributed by atoms with Crippen molar-refractivity contribution in [1.82, 2.24) is 4.90 Å². The number of hydrogen-bond acceptors (Lipinski definition) is 3. The van der Waals surface area contributed by atoms with E-state index >= 15 is 0 Å². The van der Waals surface area contributed by atoms with E-state index in [2.05, 4.69) is 13.8 Å². The number of carbonyl (C=O) groups excluding carboxylic acids is 1. The van der Waals surface area contributed by atoms with Crippen LogP contribution in [0.15, 0.2) is 6.07 Å². The van der Waals surface area contributed by atoms with Crippen LogP contribution in [0.4, 0.5) is 0 Å². The van der Waals surface area contributed by atoms with Crippen molar-refractivity contribution in [3.05, 3.63) is 21.4 Å². The third-order valence-electron chi connectivity index (χ3n) is 4.13. The third-order valence-corrected chi connectivity index (χ3v) is 5.76. The van der Waals surface area contributed by atoms with Crippen molar-refractivity contribution in [3.8, 4) is 0 Å². The first kappa shape index (κ1) is 14.5. The van der Waals surface area contributed by atoms with Crippen molar-refractivity contribution in [2.75, 3.05) is 13.1 Å². The van der Waals surface area contributed by atoms with Crippen LogP contribution in [0.2, 0.25) is 0 Å². The summed E-state index contributed by atoms with van der Waals surface area (Å²) in [5, 5.41) is 0. The molecule has 0 aliphatic carbocycles. The molecule has 0 bridgehead atoms. The van der Waals surface area contributed by atoms with Crippen molar-refractivity contribution >= 4 is 34.5 Å². The molecule has 19 heavy (non-hydrogen) atoms. The largest absolute Gasteiger partial charge is 0.393 e. The first-order valence-electron chi connectivity index (χ1n) is 6.50. The van der Waals surface area contributed by atoms with Crippen LogP contribution >= 0.6 is 23.6 Å². The number of thiocarbonyl (C=S) groups is 1. The highest BCUT2D eigenvalue weighted by molar-refractivity contribution is 7.80. The maximum absolute atomic E-state index is 12.4. The Labute approximate surface area is 123 Å². The van der Waals surface area contributed by atoms with E-state index < -0.39 is 0 Å². The number of rotatable bonds is 2. The molecule has 104 valence electrons. The zero-order valence-electron chi connectivity index (χ0n) is 11.7. The van der Waals surface area contributed by atoms with E-state index in [0.717, 1.165) is 30.8 Å². The first-order valence-corrected chi connectivity index (χ1v) is 7.72. The predicted molar refractivity (Wildman–Crippen MR) is 83.8 cm³/mol. The maximum atomic E-state index is 12.4. The molecule has 1 amide bonds. The van der Waals surface area contributed by atoms with E-state index in [1.807, 2.05) is 17.9 Å². The number of carbonyl (C=O) groups is 1. The quantitative estimate of drug-likeness (QED) is 0.854. The summed E-state index contributed by atoms with van der Waals surface area (Å²) in [4.78, 5) is 17.0. The van der Waals surface area contributed by atoms with Gasteiger partial charge in [0.15, 0.2) is 0 Å². The molecule has 0 saturated carbocycles. The Morgan fingerprint density at radius 3 is 2.42 bits per heavy atom. The molecule has 5 heteroatoms. The van der Waals surface area contributed by atoms with E-state index in [-0.39, 0.29) is 11.3 Å². The second-order valence-electron chi connectivity index (χ2n) is 5.57. The van der Waals surface area contributed by atoms with Gasteiger partial charge < -0.3 is 10.6 Å². The van der Waals surface area contributed by atoms with Gasteiger partial charge in [-0.05, 0) is 38.3 Å². The van der Waals surface area contributed by atoms with Crippen LogP contribution in [0, 0.1) is 19.3 Å². The van der Waals surface area contributed by atoms with Crippen LogP contribution in [-0.4, -0.2) is 28.9 Å². The highest BCUT2D eigenvalue weighted by Gasteiger charge is 2.34. The molecular weight excluding hydrogens is 276 g/mol. The SMILES string of the molecule is Cc1cc(C(=O)N2CCC(C)(C(N)=S)CC2)sc1C. The lowest BCUT2D eigenvalue weighted by atomic mass is 9.80. The molecule has 0 atom stereocenters. The summed E-state index contributed by atoms with van der Waals surface area (Å²) in [5.74, 6) is 0.145. The minimum absolute atomic E-state index is 0.0899. The van der Waals surface area contributed by atoms with Crippen LogP contribution < -0.4 is 5.73 Å². The van der Waals surface area contributed by atoms with E-state index in [4.69, 9.17) is 18.0 Å². The summed E-state index contributed by atoms with van der Waals surface area (Å²) in [5.41, 5.74) is 6.89. The first-order chi connectivity index (χ1) is 8.83. The van der Waals surface area contributed by atoms with Gasteiger partial charge >= 0.3 is 0 Å². The Morgan fingerprint density at radius 2 is 2.00 bits per heavy atom. The molecule has 0 aromatic carbocycles. The smallest absolute Gasteiger partial charge is 0.263 e. The average Bonchev–Trinajstić information content (AvgIpc) is 2.69. The number of nitrogens with two attached hydrogens (primary N) is 1. The Kier molecular flexibility index (Phi) is 3.97. The summed E-state index contributed by atoms with van der Waals surface area (Å²) in [6, 6.07) is 1.99. The van der Waals surface area contributed by atoms with Crippen molar-refractivity contribution in [3.63, 3.8) is 0 Å². The van der Waals surface area contributed by atoms with Gasteiger partial charge in [0.25, 0.3) is 5.91 Å². The Balaban J connectivity index is 2.06. The number of hydrogen-bond donors (Lipinski definition) is 1. The second-order valence-corrected chi connectivity index (χ2v) is 7.26. The molecule has 0 radical (unpaired) electrons. The number of thiophene rings is 1. The van der Waals surface area contributed by atoms with Crippen molar-refractivity contribution < 1.29 is 4.79 Å². The molecule has 1 saturated heterocycles. The molecule has 3 nitrogen and oxygen atoms in total. The van der Waals surface area contributed by atoms with E-state index in [1.54, 1.807) is 11.3 Å². The monoisotopic (exact) mass is 296 g/mol. The summed E-state index contributed by atoms with van der Waals surface area (Å²) in [6.45, 7) is 7.67. The fourth-order valence-electron chi connectivity index (χ4n) is 2.28. The Hall–Kier alpha value is -0.940. The van der Waals surface area contributed by atoms with Crippen LogP contribution in [-0.2, 0) is 0 Å². The molecule has 1 aromatic heterocycles. The number of nitrogens with zero attached hydrogens (tertiary/aromatic N) is 1. The molecular formula is C14H20N2OS2. The number of likely N-dealkylation sites (tertiary alicyclic amines) is 1. The van der Waals surface area contributed by atoms with Gasteiger partial charge in [0.05, 0.1) is 9.87 Å². The fraction of sp³-hybridized carbons (Fsp3) is 0.571. The average molecular weight is 296 g/mol. The van der Waals surface area contributed by atoms with Gasteiger partial charge in [-0.15, -0.1) is 11.3 Å². The third kappa shape index (κ3) is 2.82. The van der Waals surface area contributed by atoms with Crippen LogP contribution in [0.3, 0.4) is 0 Å². The zero-order valence-corrected chi connectivity index (χ0v) is 13.3. The Bertz CT molecular complexity index is 494. The number of piperidine rings is 1. The summed E-state index contributed by atoms with van der Waals surface area (Å²) in [6.07, 6.45) is 1.72. The number of amides is 1. The van der Waals surface area contributed by atoms with Gasteiger partial charge in [-0.1, -0.05) is 19.1 Å². The minimum Gasteiger partial charge on any atom is -0.393 e. The van der Waals surface area contributed by atoms with Gasteiger partial charge in [-0.25, -0.2) is 0 Å².